The zero-order valence-corrected chi connectivity index (χ0v) is 9.88. The molecule has 0 aromatic rings. The highest BCUT2D eigenvalue weighted by atomic mass is 16.5. The molecule has 2 unspecified atom stereocenters. The van der Waals surface area contributed by atoms with Gasteiger partial charge in [-0.3, -0.25) is 4.79 Å². The first kappa shape index (κ1) is 10.7. The predicted octanol–water partition coefficient (Wildman–Crippen LogP) is 2.93. The van der Waals surface area contributed by atoms with Crippen molar-refractivity contribution in [3.8, 4) is 0 Å². The molecule has 2 atom stereocenters. The van der Waals surface area contributed by atoms with Crippen molar-refractivity contribution >= 4 is 5.97 Å². The zero-order chi connectivity index (χ0) is 11.1. The fraction of sp³-hybridized carbons (Fsp3) is 0.769. The van der Waals surface area contributed by atoms with Gasteiger partial charge in [-0.1, -0.05) is 19.4 Å². The van der Waals surface area contributed by atoms with Crippen molar-refractivity contribution in [2.45, 2.75) is 40.0 Å². The van der Waals surface area contributed by atoms with Crippen LogP contribution in [0.25, 0.3) is 0 Å². The first-order chi connectivity index (χ1) is 7.01. The van der Waals surface area contributed by atoms with Gasteiger partial charge in [0.2, 0.25) is 0 Å². The van der Waals surface area contributed by atoms with Gasteiger partial charge in [-0.05, 0) is 42.6 Å². The van der Waals surface area contributed by atoms with Crippen LogP contribution < -0.4 is 0 Å². The van der Waals surface area contributed by atoms with Crippen molar-refractivity contribution in [1.29, 1.82) is 0 Å². The van der Waals surface area contributed by atoms with Crippen molar-refractivity contribution in [1.82, 2.24) is 0 Å². The summed E-state index contributed by atoms with van der Waals surface area (Å²) in [6, 6.07) is 0. The van der Waals surface area contributed by atoms with Gasteiger partial charge in [-0.2, -0.15) is 0 Å². The topological polar surface area (TPSA) is 26.3 Å². The minimum absolute atomic E-state index is 0.187. The average molecular weight is 208 g/mol. The van der Waals surface area contributed by atoms with E-state index in [1.165, 1.54) is 31.8 Å². The molecule has 0 aromatic carbocycles. The Morgan fingerprint density at radius 2 is 2.27 bits per heavy atom. The van der Waals surface area contributed by atoms with E-state index in [2.05, 4.69) is 19.9 Å². The number of fused-ring (bicyclic) bond motifs is 2. The first-order valence-corrected chi connectivity index (χ1v) is 5.85. The van der Waals surface area contributed by atoms with Gasteiger partial charge in [0.1, 0.15) is 6.61 Å². The molecule has 0 heterocycles. The van der Waals surface area contributed by atoms with Gasteiger partial charge in [0.15, 0.2) is 0 Å². The molecule has 2 nitrogen and oxygen atoms in total. The smallest absolute Gasteiger partial charge is 0.302 e. The molecular weight excluding hydrogens is 188 g/mol. The zero-order valence-electron chi connectivity index (χ0n) is 9.88. The molecule has 2 saturated carbocycles. The summed E-state index contributed by atoms with van der Waals surface area (Å²) < 4.78 is 4.99. The van der Waals surface area contributed by atoms with Crippen molar-refractivity contribution < 1.29 is 9.53 Å². The molecule has 0 aromatic heterocycles. The Kier molecular flexibility index (Phi) is 2.61. The van der Waals surface area contributed by atoms with Gasteiger partial charge in [-0.25, -0.2) is 0 Å². The molecule has 0 spiro atoms. The van der Waals surface area contributed by atoms with Gasteiger partial charge >= 0.3 is 5.97 Å². The van der Waals surface area contributed by atoms with Crippen LogP contribution in [0.1, 0.15) is 40.0 Å². The third kappa shape index (κ3) is 1.82. The molecule has 15 heavy (non-hydrogen) atoms. The molecule has 2 fully saturated rings. The van der Waals surface area contributed by atoms with Crippen LogP contribution in [0, 0.1) is 17.3 Å². The molecular formula is C13H20O2. The molecule has 0 N–H and O–H groups in total. The fourth-order valence-corrected chi connectivity index (χ4v) is 3.36. The lowest BCUT2D eigenvalue weighted by molar-refractivity contribution is -0.139. The van der Waals surface area contributed by atoms with E-state index in [1.807, 2.05) is 0 Å². The third-order valence-electron chi connectivity index (χ3n) is 4.23. The van der Waals surface area contributed by atoms with Crippen LogP contribution in [-0.2, 0) is 9.53 Å². The highest BCUT2D eigenvalue weighted by Gasteiger charge is 2.48. The largest absolute Gasteiger partial charge is 0.462 e. The van der Waals surface area contributed by atoms with Crippen molar-refractivity contribution in [2.24, 2.45) is 17.3 Å². The summed E-state index contributed by atoms with van der Waals surface area (Å²) in [5.74, 6) is 1.43. The summed E-state index contributed by atoms with van der Waals surface area (Å²) in [5, 5.41) is 0. The highest BCUT2D eigenvalue weighted by Crippen LogP contribution is 2.58. The van der Waals surface area contributed by atoms with Crippen molar-refractivity contribution in [3.63, 3.8) is 0 Å². The Morgan fingerprint density at radius 1 is 1.53 bits per heavy atom. The Morgan fingerprint density at radius 3 is 2.80 bits per heavy atom. The van der Waals surface area contributed by atoms with Gasteiger partial charge < -0.3 is 4.74 Å². The second kappa shape index (κ2) is 3.66. The number of carbonyl (C=O) groups excluding carboxylic acids is 1. The van der Waals surface area contributed by atoms with Gasteiger partial charge in [-0.15, -0.1) is 0 Å². The van der Waals surface area contributed by atoms with E-state index in [9.17, 15) is 4.79 Å². The molecule has 0 radical (unpaired) electrons. The normalized spacial score (nSPS) is 34.7. The van der Waals surface area contributed by atoms with Crippen LogP contribution in [0.15, 0.2) is 11.6 Å². The SMILES string of the molecule is CC(=O)OCC=C1C2CCC(C2)C1(C)C. The van der Waals surface area contributed by atoms with E-state index in [4.69, 9.17) is 4.74 Å². The van der Waals surface area contributed by atoms with Crippen LogP contribution in [0.2, 0.25) is 0 Å². The van der Waals surface area contributed by atoms with Gasteiger partial charge in [0, 0.05) is 6.92 Å². The predicted molar refractivity (Wildman–Crippen MR) is 59.3 cm³/mol. The summed E-state index contributed by atoms with van der Waals surface area (Å²) in [6.45, 7) is 6.58. The summed E-state index contributed by atoms with van der Waals surface area (Å²) in [7, 11) is 0. The summed E-state index contributed by atoms with van der Waals surface area (Å²) in [5.41, 5.74) is 1.86. The monoisotopic (exact) mass is 208 g/mol. The molecule has 2 rings (SSSR count). The maximum atomic E-state index is 10.7. The maximum Gasteiger partial charge on any atom is 0.302 e. The number of hydrogen-bond donors (Lipinski definition) is 0. The van der Waals surface area contributed by atoms with Crippen LogP contribution >= 0.6 is 0 Å². The number of carbonyl (C=O) groups is 1. The second-order valence-electron chi connectivity index (χ2n) is 5.39. The molecule has 0 aliphatic heterocycles. The van der Waals surface area contributed by atoms with E-state index in [1.54, 1.807) is 0 Å². The van der Waals surface area contributed by atoms with Crippen LogP contribution in [0.4, 0.5) is 0 Å². The molecule has 2 aliphatic carbocycles. The third-order valence-corrected chi connectivity index (χ3v) is 4.23. The highest BCUT2D eigenvalue weighted by molar-refractivity contribution is 5.66. The van der Waals surface area contributed by atoms with Crippen molar-refractivity contribution in [2.75, 3.05) is 6.61 Å². The lowest BCUT2D eigenvalue weighted by Gasteiger charge is -2.32. The summed E-state index contributed by atoms with van der Waals surface area (Å²) >= 11 is 0. The van der Waals surface area contributed by atoms with E-state index in [-0.39, 0.29) is 5.97 Å². The summed E-state index contributed by atoms with van der Waals surface area (Å²) in [6.07, 6.45) is 6.20. The Labute approximate surface area is 91.7 Å². The standard InChI is InChI=1S/C13H20O2/c1-9(14)15-7-6-12-10-4-5-11(8-10)13(12,2)3/h6,10-11H,4-5,7-8H2,1-3H3. The lowest BCUT2D eigenvalue weighted by atomic mass is 9.73. The number of ether oxygens (including phenoxy) is 1. The minimum Gasteiger partial charge on any atom is -0.462 e. The van der Waals surface area contributed by atoms with Crippen LogP contribution in [0.5, 0.6) is 0 Å². The van der Waals surface area contributed by atoms with Crippen molar-refractivity contribution in [3.05, 3.63) is 11.6 Å². The number of hydrogen-bond acceptors (Lipinski definition) is 2. The maximum absolute atomic E-state index is 10.7. The van der Waals surface area contributed by atoms with Gasteiger partial charge in [0.25, 0.3) is 0 Å². The fourth-order valence-electron chi connectivity index (χ4n) is 3.36. The average Bonchev–Trinajstić information content (AvgIpc) is 2.66. The summed E-state index contributed by atoms with van der Waals surface area (Å²) in [4.78, 5) is 10.7. The first-order valence-electron chi connectivity index (χ1n) is 5.85. The number of allylic oxidation sites excluding steroid dienone is 1. The van der Waals surface area contributed by atoms with Gasteiger partial charge in [0.05, 0.1) is 0 Å². The second-order valence-corrected chi connectivity index (χ2v) is 5.39. The molecule has 0 amide bonds. The minimum atomic E-state index is -0.187. The molecule has 84 valence electrons. The molecule has 2 heteroatoms. The Bertz CT molecular complexity index is 302. The molecule has 2 bridgehead atoms. The molecule has 2 aliphatic rings. The Hall–Kier alpha value is -0.790. The lowest BCUT2D eigenvalue weighted by Crippen LogP contribution is -2.23. The van der Waals surface area contributed by atoms with Crippen LogP contribution in [0.3, 0.4) is 0 Å². The Balaban J connectivity index is 2.05. The van der Waals surface area contributed by atoms with Crippen LogP contribution in [-0.4, -0.2) is 12.6 Å². The number of rotatable bonds is 2. The number of esters is 1. The van der Waals surface area contributed by atoms with E-state index < -0.39 is 0 Å². The van der Waals surface area contributed by atoms with E-state index >= 15 is 0 Å². The molecule has 0 saturated heterocycles. The quantitative estimate of drug-likeness (QED) is 0.515. The van der Waals surface area contributed by atoms with E-state index in [0.717, 1.165) is 11.8 Å². The van der Waals surface area contributed by atoms with E-state index in [0.29, 0.717) is 12.0 Å².